The van der Waals surface area contributed by atoms with Gasteiger partial charge in [-0.3, -0.25) is 9.48 Å². The largest absolute Gasteiger partial charge is 0.479 e. The summed E-state index contributed by atoms with van der Waals surface area (Å²) in [7, 11) is 1.69. The third kappa shape index (κ3) is 3.05. The van der Waals surface area contributed by atoms with Crippen LogP contribution in [0.4, 0.5) is 0 Å². The highest BCUT2D eigenvalue weighted by molar-refractivity contribution is 7.14. The van der Waals surface area contributed by atoms with E-state index in [1.54, 1.807) is 19.3 Å². The number of carboxylic acids is 1. The lowest BCUT2D eigenvalue weighted by Crippen LogP contribution is -2.33. The standard InChI is InChI=1S/C13H15N3O3S/c1-3-9-4-5-10(20-9)12(17)15-11(13(18)19)8-6-14-16(2)7-8/h4-7,11H,3H2,1-2H3,(H,15,17)(H,18,19). The van der Waals surface area contributed by atoms with E-state index in [2.05, 4.69) is 10.4 Å². The van der Waals surface area contributed by atoms with Gasteiger partial charge in [0.25, 0.3) is 5.91 Å². The molecule has 0 aromatic carbocycles. The summed E-state index contributed by atoms with van der Waals surface area (Å²) < 4.78 is 1.50. The molecule has 0 saturated carbocycles. The van der Waals surface area contributed by atoms with E-state index in [-0.39, 0.29) is 5.91 Å². The molecule has 0 fully saturated rings. The van der Waals surface area contributed by atoms with Crippen LogP contribution >= 0.6 is 11.3 Å². The molecule has 1 amide bonds. The van der Waals surface area contributed by atoms with Gasteiger partial charge in [0.15, 0.2) is 6.04 Å². The minimum atomic E-state index is -1.11. The number of hydrogen-bond acceptors (Lipinski definition) is 4. The molecule has 6 nitrogen and oxygen atoms in total. The maximum Gasteiger partial charge on any atom is 0.331 e. The van der Waals surface area contributed by atoms with Crippen LogP contribution in [0.5, 0.6) is 0 Å². The number of carbonyl (C=O) groups excluding carboxylic acids is 1. The van der Waals surface area contributed by atoms with E-state index in [1.165, 1.54) is 22.2 Å². The number of nitrogens with zero attached hydrogens (tertiary/aromatic N) is 2. The number of amides is 1. The first-order valence-electron chi connectivity index (χ1n) is 6.12. The Bertz CT molecular complexity index is 632. The Morgan fingerprint density at radius 2 is 2.25 bits per heavy atom. The van der Waals surface area contributed by atoms with E-state index in [0.717, 1.165) is 11.3 Å². The Morgan fingerprint density at radius 3 is 2.75 bits per heavy atom. The molecule has 2 N–H and O–H groups in total. The minimum absolute atomic E-state index is 0.383. The van der Waals surface area contributed by atoms with Gasteiger partial charge in [-0.1, -0.05) is 6.92 Å². The normalized spacial score (nSPS) is 12.1. The minimum Gasteiger partial charge on any atom is -0.479 e. The van der Waals surface area contributed by atoms with Gasteiger partial charge in [-0.05, 0) is 18.6 Å². The molecule has 0 bridgehead atoms. The number of thiophene rings is 1. The predicted molar refractivity (Wildman–Crippen MR) is 74.7 cm³/mol. The Balaban J connectivity index is 2.16. The van der Waals surface area contributed by atoms with Crippen molar-refractivity contribution < 1.29 is 14.7 Å². The zero-order valence-corrected chi connectivity index (χ0v) is 12.0. The summed E-state index contributed by atoms with van der Waals surface area (Å²) in [5.74, 6) is -1.50. The van der Waals surface area contributed by atoms with Crippen LogP contribution in [0, 0.1) is 0 Å². The second-order valence-corrected chi connectivity index (χ2v) is 5.48. The molecular weight excluding hydrogens is 278 g/mol. The molecule has 0 spiro atoms. The lowest BCUT2D eigenvalue weighted by molar-refractivity contribution is -0.139. The fourth-order valence-electron chi connectivity index (χ4n) is 1.77. The summed E-state index contributed by atoms with van der Waals surface area (Å²) in [6.45, 7) is 2.00. The van der Waals surface area contributed by atoms with E-state index < -0.39 is 12.0 Å². The van der Waals surface area contributed by atoms with Crippen molar-refractivity contribution in [3.63, 3.8) is 0 Å². The quantitative estimate of drug-likeness (QED) is 0.877. The van der Waals surface area contributed by atoms with Gasteiger partial charge in [-0.2, -0.15) is 5.10 Å². The number of aromatic nitrogens is 2. The van der Waals surface area contributed by atoms with Crippen molar-refractivity contribution in [2.24, 2.45) is 7.05 Å². The van der Waals surface area contributed by atoms with Crippen LogP contribution in [-0.4, -0.2) is 26.8 Å². The maximum atomic E-state index is 12.1. The first kappa shape index (κ1) is 14.3. The van der Waals surface area contributed by atoms with Crippen molar-refractivity contribution in [2.45, 2.75) is 19.4 Å². The fraction of sp³-hybridized carbons (Fsp3) is 0.308. The Morgan fingerprint density at radius 1 is 1.50 bits per heavy atom. The van der Waals surface area contributed by atoms with Gasteiger partial charge < -0.3 is 10.4 Å². The molecule has 20 heavy (non-hydrogen) atoms. The molecule has 0 aliphatic rings. The third-order valence-corrected chi connectivity index (χ3v) is 4.04. The van der Waals surface area contributed by atoms with E-state index >= 15 is 0 Å². The maximum absolute atomic E-state index is 12.1. The van der Waals surface area contributed by atoms with Crippen LogP contribution in [0.2, 0.25) is 0 Å². The van der Waals surface area contributed by atoms with Crippen molar-refractivity contribution in [3.8, 4) is 0 Å². The van der Waals surface area contributed by atoms with Crippen LogP contribution in [0.1, 0.15) is 33.1 Å². The van der Waals surface area contributed by atoms with Crippen LogP contribution in [0.3, 0.4) is 0 Å². The Labute approximate surface area is 120 Å². The third-order valence-electron chi connectivity index (χ3n) is 2.81. The lowest BCUT2D eigenvalue weighted by atomic mass is 10.1. The van der Waals surface area contributed by atoms with Crippen LogP contribution < -0.4 is 5.32 Å². The first-order valence-corrected chi connectivity index (χ1v) is 6.93. The van der Waals surface area contributed by atoms with Gasteiger partial charge in [0.1, 0.15) is 0 Å². The number of aryl methyl sites for hydroxylation is 2. The predicted octanol–water partition coefficient (Wildman–Crippen LogP) is 1.60. The Kier molecular flexibility index (Phi) is 4.19. The van der Waals surface area contributed by atoms with Crippen LogP contribution in [0.15, 0.2) is 24.5 Å². The number of hydrogen-bond donors (Lipinski definition) is 2. The van der Waals surface area contributed by atoms with Crippen LogP contribution in [0.25, 0.3) is 0 Å². The zero-order chi connectivity index (χ0) is 14.7. The molecule has 106 valence electrons. The fourth-order valence-corrected chi connectivity index (χ4v) is 2.62. The van der Waals surface area contributed by atoms with Gasteiger partial charge in [-0.25, -0.2) is 4.79 Å². The first-order chi connectivity index (χ1) is 9.51. The molecule has 1 atom stereocenters. The van der Waals surface area contributed by atoms with Gasteiger partial charge in [-0.15, -0.1) is 11.3 Å². The van der Waals surface area contributed by atoms with Crippen molar-refractivity contribution in [3.05, 3.63) is 39.8 Å². The molecule has 2 rings (SSSR count). The molecule has 0 aliphatic heterocycles. The van der Waals surface area contributed by atoms with E-state index in [9.17, 15) is 14.7 Å². The number of nitrogens with one attached hydrogen (secondary N) is 1. The number of aliphatic carboxylic acids is 1. The summed E-state index contributed by atoms with van der Waals surface area (Å²) in [5, 5.41) is 15.7. The van der Waals surface area contributed by atoms with E-state index in [4.69, 9.17) is 0 Å². The van der Waals surface area contributed by atoms with E-state index in [1.807, 2.05) is 13.0 Å². The van der Waals surface area contributed by atoms with Crippen molar-refractivity contribution in [1.82, 2.24) is 15.1 Å². The SMILES string of the molecule is CCc1ccc(C(=O)NC(C(=O)O)c2cnn(C)c2)s1. The van der Waals surface area contributed by atoms with Crippen LogP contribution in [-0.2, 0) is 18.3 Å². The van der Waals surface area contributed by atoms with Gasteiger partial charge in [0, 0.05) is 23.7 Å². The molecule has 2 aromatic heterocycles. The number of carbonyl (C=O) groups is 2. The van der Waals surface area contributed by atoms with Crippen molar-refractivity contribution in [1.29, 1.82) is 0 Å². The molecule has 2 heterocycles. The average Bonchev–Trinajstić information content (AvgIpc) is 3.03. The summed E-state index contributed by atoms with van der Waals surface area (Å²) in [6.07, 6.45) is 3.86. The highest BCUT2D eigenvalue weighted by atomic mass is 32.1. The summed E-state index contributed by atoms with van der Waals surface area (Å²) in [4.78, 5) is 25.0. The molecule has 0 radical (unpaired) electrons. The molecule has 1 unspecified atom stereocenters. The molecular formula is C13H15N3O3S. The zero-order valence-electron chi connectivity index (χ0n) is 11.2. The van der Waals surface area contributed by atoms with Crippen molar-refractivity contribution >= 4 is 23.2 Å². The number of carboxylic acid groups (broad SMARTS) is 1. The Hall–Kier alpha value is -2.15. The van der Waals surface area contributed by atoms with Gasteiger partial charge in [0.05, 0.1) is 11.1 Å². The van der Waals surface area contributed by atoms with Crippen molar-refractivity contribution in [2.75, 3.05) is 0 Å². The summed E-state index contributed by atoms with van der Waals surface area (Å²) >= 11 is 1.37. The topological polar surface area (TPSA) is 84.2 Å². The molecule has 0 aliphatic carbocycles. The molecule has 2 aromatic rings. The van der Waals surface area contributed by atoms with Gasteiger partial charge in [0.2, 0.25) is 0 Å². The van der Waals surface area contributed by atoms with E-state index in [0.29, 0.717) is 10.4 Å². The average molecular weight is 293 g/mol. The van der Waals surface area contributed by atoms with Gasteiger partial charge >= 0.3 is 5.97 Å². The highest BCUT2D eigenvalue weighted by Crippen LogP contribution is 2.19. The molecule has 0 saturated heterocycles. The second kappa shape index (κ2) is 5.87. The lowest BCUT2D eigenvalue weighted by Gasteiger charge is -2.11. The summed E-state index contributed by atoms with van der Waals surface area (Å²) in [6, 6.07) is 2.49. The number of rotatable bonds is 5. The smallest absolute Gasteiger partial charge is 0.331 e. The summed E-state index contributed by atoms with van der Waals surface area (Å²) in [5.41, 5.74) is 0.445. The highest BCUT2D eigenvalue weighted by Gasteiger charge is 2.24. The molecule has 7 heteroatoms. The monoisotopic (exact) mass is 293 g/mol. The second-order valence-electron chi connectivity index (χ2n) is 4.31.